The summed E-state index contributed by atoms with van der Waals surface area (Å²) in [6.07, 6.45) is 0. The normalized spacial score (nSPS) is 8.70. The molecule has 0 atom stereocenters. The summed E-state index contributed by atoms with van der Waals surface area (Å²) in [5, 5.41) is 0.856. The smallest absolute Gasteiger partial charge is 0.0437 e. The highest BCUT2D eigenvalue weighted by atomic mass is 35.5. The van der Waals surface area contributed by atoms with E-state index in [0.29, 0.717) is 0 Å². The molecule has 0 nitrogen and oxygen atoms in total. The molecule has 0 bridgehead atoms. The van der Waals surface area contributed by atoms with Crippen LogP contribution < -0.4 is 0 Å². The van der Waals surface area contributed by atoms with E-state index in [9.17, 15) is 0 Å². The third-order valence-electron chi connectivity index (χ3n) is 1.33. The van der Waals surface area contributed by atoms with Crippen molar-refractivity contribution in [1.82, 2.24) is 0 Å². The lowest BCUT2D eigenvalue weighted by Crippen LogP contribution is -1.75. The average molecular weight is 177 g/mol. The molecule has 56 valence electrons. The van der Waals surface area contributed by atoms with Gasteiger partial charge in [-0.05, 0) is 31.0 Å². The lowest BCUT2D eigenvalue weighted by molar-refractivity contribution is 1.40. The highest BCUT2D eigenvalue weighted by Crippen LogP contribution is 2.15. The molecule has 0 unspecified atom stereocenters. The minimum Gasteiger partial charge on any atom is -0.147 e. The van der Waals surface area contributed by atoms with E-state index < -0.39 is 0 Å². The molecule has 0 saturated carbocycles. The van der Waals surface area contributed by atoms with Crippen LogP contribution in [0.25, 0.3) is 0 Å². The molecule has 0 saturated heterocycles. The highest BCUT2D eigenvalue weighted by Gasteiger charge is 1.91. The van der Waals surface area contributed by atoms with Gasteiger partial charge in [-0.1, -0.05) is 23.7 Å². The summed E-state index contributed by atoms with van der Waals surface area (Å²) < 4.78 is 0. The van der Waals surface area contributed by atoms with Crippen molar-refractivity contribution in [3.05, 3.63) is 34.3 Å². The lowest BCUT2D eigenvalue weighted by atomic mass is 10.2. The Bertz CT molecular complexity index is 218. The molecule has 0 aromatic heterocycles. The zero-order valence-corrected chi connectivity index (χ0v) is 7.59. The zero-order chi connectivity index (χ0) is 6.85. The Labute approximate surface area is 72.6 Å². The molecule has 1 rings (SSSR count). The number of benzene rings is 1. The fourth-order valence-corrected chi connectivity index (χ4v) is 0.933. The first-order valence-corrected chi connectivity index (χ1v) is 3.30. The number of hydrogen-bond acceptors (Lipinski definition) is 0. The van der Waals surface area contributed by atoms with E-state index in [0.717, 1.165) is 10.6 Å². The summed E-state index contributed by atoms with van der Waals surface area (Å²) in [5.74, 6) is 0. The van der Waals surface area contributed by atoms with Gasteiger partial charge in [-0.25, -0.2) is 0 Å². The average Bonchev–Trinajstić information content (AvgIpc) is 1.80. The summed E-state index contributed by atoms with van der Waals surface area (Å²) in [7, 11) is 0. The molecular weight excluding hydrogens is 167 g/mol. The summed E-state index contributed by atoms with van der Waals surface area (Å²) >= 11 is 5.81. The topological polar surface area (TPSA) is 0 Å². The Balaban J connectivity index is 0.000000810. The van der Waals surface area contributed by atoms with Crippen LogP contribution in [0.15, 0.2) is 18.2 Å². The van der Waals surface area contributed by atoms with Gasteiger partial charge in [0, 0.05) is 5.02 Å². The van der Waals surface area contributed by atoms with Crippen molar-refractivity contribution in [3.63, 3.8) is 0 Å². The van der Waals surface area contributed by atoms with E-state index >= 15 is 0 Å². The first kappa shape index (κ1) is 9.80. The second-order valence-corrected chi connectivity index (χ2v) is 2.66. The van der Waals surface area contributed by atoms with E-state index in [4.69, 9.17) is 11.6 Å². The van der Waals surface area contributed by atoms with Crippen LogP contribution in [0.3, 0.4) is 0 Å². The van der Waals surface area contributed by atoms with E-state index in [1.807, 2.05) is 26.0 Å². The molecule has 0 aliphatic heterocycles. The number of aryl methyl sites for hydroxylation is 2. The molecular formula is C8H10Cl2. The van der Waals surface area contributed by atoms with Gasteiger partial charge >= 0.3 is 0 Å². The largest absolute Gasteiger partial charge is 0.147 e. The molecule has 0 aliphatic rings. The number of rotatable bonds is 0. The van der Waals surface area contributed by atoms with Gasteiger partial charge in [0.15, 0.2) is 0 Å². The Morgan fingerprint density at radius 2 is 1.80 bits per heavy atom. The summed E-state index contributed by atoms with van der Waals surface area (Å²) in [6, 6.07) is 6.05. The fraction of sp³-hybridized carbons (Fsp3) is 0.250. The minimum absolute atomic E-state index is 0. The quantitative estimate of drug-likeness (QED) is 0.569. The molecule has 0 radical (unpaired) electrons. The van der Waals surface area contributed by atoms with Crippen molar-refractivity contribution >= 4 is 24.0 Å². The van der Waals surface area contributed by atoms with Crippen LogP contribution in [-0.4, -0.2) is 0 Å². The van der Waals surface area contributed by atoms with Gasteiger partial charge in [0.05, 0.1) is 0 Å². The minimum atomic E-state index is 0. The van der Waals surface area contributed by atoms with Gasteiger partial charge in [-0.3, -0.25) is 0 Å². The van der Waals surface area contributed by atoms with E-state index in [2.05, 4.69) is 6.07 Å². The number of hydrogen-bond donors (Lipinski definition) is 0. The molecule has 2 heteroatoms. The van der Waals surface area contributed by atoms with Crippen molar-refractivity contribution in [3.8, 4) is 0 Å². The van der Waals surface area contributed by atoms with Crippen LogP contribution in [0.4, 0.5) is 0 Å². The Morgan fingerprint density at radius 3 is 2.20 bits per heavy atom. The summed E-state index contributed by atoms with van der Waals surface area (Å²) in [6.45, 7) is 4.03. The molecule has 0 aliphatic carbocycles. The van der Waals surface area contributed by atoms with Crippen LogP contribution in [-0.2, 0) is 0 Å². The molecule has 0 N–H and O–H groups in total. The molecule has 0 spiro atoms. The predicted octanol–water partition coefficient (Wildman–Crippen LogP) is 3.38. The molecule has 0 amide bonds. The fourth-order valence-electron chi connectivity index (χ4n) is 0.698. The van der Waals surface area contributed by atoms with Crippen LogP contribution >= 0.6 is 24.0 Å². The maximum Gasteiger partial charge on any atom is 0.0437 e. The van der Waals surface area contributed by atoms with Crippen molar-refractivity contribution in [2.24, 2.45) is 0 Å². The molecule has 1 aromatic rings. The third-order valence-corrected chi connectivity index (χ3v) is 1.73. The monoisotopic (exact) mass is 176 g/mol. The molecule has 10 heavy (non-hydrogen) atoms. The molecule has 0 heterocycles. The van der Waals surface area contributed by atoms with Gasteiger partial charge in [-0.15, -0.1) is 12.4 Å². The third kappa shape index (κ3) is 2.20. The maximum absolute atomic E-state index is 5.81. The van der Waals surface area contributed by atoms with Crippen molar-refractivity contribution < 1.29 is 0 Å². The predicted molar refractivity (Wildman–Crippen MR) is 48.2 cm³/mol. The summed E-state index contributed by atoms with van der Waals surface area (Å²) in [5.41, 5.74) is 2.35. The summed E-state index contributed by atoms with van der Waals surface area (Å²) in [4.78, 5) is 0. The zero-order valence-electron chi connectivity index (χ0n) is 6.02. The van der Waals surface area contributed by atoms with Gasteiger partial charge in [-0.2, -0.15) is 0 Å². The van der Waals surface area contributed by atoms with Crippen LogP contribution in [0.5, 0.6) is 0 Å². The maximum atomic E-state index is 5.81. The van der Waals surface area contributed by atoms with E-state index in [-0.39, 0.29) is 12.4 Å². The van der Waals surface area contributed by atoms with E-state index in [1.54, 1.807) is 0 Å². The lowest BCUT2D eigenvalue weighted by Gasteiger charge is -1.96. The van der Waals surface area contributed by atoms with Crippen LogP contribution in [0.1, 0.15) is 11.1 Å². The van der Waals surface area contributed by atoms with Gasteiger partial charge in [0.2, 0.25) is 0 Å². The standard InChI is InChI=1S/C8H9Cl.ClH/c1-6-3-4-7(2)8(9)5-6;/h3-5H,1-2H3;1H. The molecule has 1 aromatic carbocycles. The van der Waals surface area contributed by atoms with E-state index in [1.165, 1.54) is 5.56 Å². The van der Waals surface area contributed by atoms with Crippen molar-refractivity contribution in [1.29, 1.82) is 0 Å². The van der Waals surface area contributed by atoms with Gasteiger partial charge in [0.1, 0.15) is 0 Å². The van der Waals surface area contributed by atoms with Crippen LogP contribution in [0.2, 0.25) is 5.02 Å². The van der Waals surface area contributed by atoms with Gasteiger partial charge < -0.3 is 0 Å². The van der Waals surface area contributed by atoms with Crippen molar-refractivity contribution in [2.45, 2.75) is 13.8 Å². The Kier molecular flexibility index (Phi) is 3.77. The first-order chi connectivity index (χ1) is 4.20. The Hall–Kier alpha value is -0.200. The van der Waals surface area contributed by atoms with Crippen LogP contribution in [0, 0.1) is 13.8 Å². The second kappa shape index (κ2) is 3.85. The van der Waals surface area contributed by atoms with Gasteiger partial charge in [0.25, 0.3) is 0 Å². The molecule has 0 fully saturated rings. The highest BCUT2D eigenvalue weighted by molar-refractivity contribution is 6.31. The SMILES string of the molecule is Cc1ccc(C)c(Cl)c1.Cl. The first-order valence-electron chi connectivity index (χ1n) is 2.93. The second-order valence-electron chi connectivity index (χ2n) is 2.25. The Morgan fingerprint density at radius 1 is 1.20 bits per heavy atom. The van der Waals surface area contributed by atoms with Crippen molar-refractivity contribution in [2.75, 3.05) is 0 Å². The number of halogens is 2.